The summed E-state index contributed by atoms with van der Waals surface area (Å²) in [5.41, 5.74) is 3.10. The van der Waals surface area contributed by atoms with Gasteiger partial charge in [0, 0.05) is 11.7 Å². The van der Waals surface area contributed by atoms with E-state index in [0.717, 1.165) is 22.2 Å². The van der Waals surface area contributed by atoms with Gasteiger partial charge in [0.2, 0.25) is 5.28 Å². The summed E-state index contributed by atoms with van der Waals surface area (Å²) in [6.07, 6.45) is 1.89. The van der Waals surface area contributed by atoms with Gasteiger partial charge in [0.1, 0.15) is 0 Å². The first-order chi connectivity index (χ1) is 9.62. The first-order valence-electron chi connectivity index (χ1n) is 7.00. The summed E-state index contributed by atoms with van der Waals surface area (Å²) in [4.78, 5) is 4.23. The Balaban J connectivity index is 2.12. The number of pyridine rings is 1. The van der Waals surface area contributed by atoms with Crippen LogP contribution >= 0.6 is 11.6 Å². The lowest BCUT2D eigenvalue weighted by molar-refractivity contribution is 0.00578. The maximum absolute atomic E-state index is 6.12. The van der Waals surface area contributed by atoms with E-state index in [1.165, 1.54) is 0 Å². The molecule has 112 valence electrons. The second-order valence-electron chi connectivity index (χ2n) is 6.57. The fourth-order valence-electron chi connectivity index (χ4n) is 2.46. The summed E-state index contributed by atoms with van der Waals surface area (Å²) >= 11 is 5.90. The number of fused-ring (bicyclic) bond motifs is 1. The molecule has 1 fully saturated rings. The van der Waals surface area contributed by atoms with Crippen molar-refractivity contribution < 1.29 is 9.31 Å². The number of halogens is 1. The Labute approximate surface area is 129 Å². The minimum absolute atomic E-state index is 0.239. The molecule has 21 heavy (non-hydrogen) atoms. The molecule has 0 aromatic carbocycles. The van der Waals surface area contributed by atoms with Crippen molar-refractivity contribution in [2.24, 2.45) is 0 Å². The molecule has 2 aromatic heterocycles. The highest BCUT2D eigenvalue weighted by Gasteiger charge is 2.52. The van der Waals surface area contributed by atoms with E-state index in [-0.39, 0.29) is 16.5 Å². The molecule has 7 heteroatoms. The van der Waals surface area contributed by atoms with Crippen LogP contribution in [0.2, 0.25) is 5.28 Å². The molecule has 0 radical (unpaired) electrons. The van der Waals surface area contributed by atoms with Crippen molar-refractivity contribution >= 4 is 29.8 Å². The number of hydrogen-bond donors (Lipinski definition) is 0. The van der Waals surface area contributed by atoms with Crippen LogP contribution in [0, 0.1) is 13.8 Å². The number of aromatic nitrogens is 3. The third-order valence-corrected chi connectivity index (χ3v) is 4.87. The van der Waals surface area contributed by atoms with E-state index in [0.29, 0.717) is 0 Å². The molecule has 2 aromatic rings. The maximum Gasteiger partial charge on any atom is 0.496 e. The molecule has 0 aliphatic carbocycles. The number of rotatable bonds is 1. The summed E-state index contributed by atoms with van der Waals surface area (Å²) in [5.74, 6) is 0. The summed E-state index contributed by atoms with van der Waals surface area (Å²) in [7, 11) is -0.416. The summed E-state index contributed by atoms with van der Waals surface area (Å²) in [5, 5.41) is 4.42. The molecule has 1 aliphatic rings. The quantitative estimate of drug-likeness (QED) is 0.759. The second-order valence-corrected chi connectivity index (χ2v) is 6.91. The lowest BCUT2D eigenvalue weighted by Gasteiger charge is -2.32. The third kappa shape index (κ3) is 2.17. The molecular weight excluding hydrogens is 288 g/mol. The first kappa shape index (κ1) is 14.8. The molecule has 1 aliphatic heterocycles. The van der Waals surface area contributed by atoms with Crippen LogP contribution in [0.5, 0.6) is 0 Å². The van der Waals surface area contributed by atoms with Gasteiger partial charge in [-0.15, -0.1) is 5.10 Å². The normalized spacial score (nSPS) is 20.4. The van der Waals surface area contributed by atoms with Crippen molar-refractivity contribution in [3.05, 3.63) is 22.6 Å². The van der Waals surface area contributed by atoms with E-state index in [1.807, 2.05) is 47.7 Å². The molecule has 0 N–H and O–H groups in total. The molecule has 3 heterocycles. The number of nitrogens with zero attached hydrogens (tertiary/aromatic N) is 3. The Morgan fingerprint density at radius 3 is 2.24 bits per heavy atom. The summed E-state index contributed by atoms with van der Waals surface area (Å²) in [6, 6.07) is 0. The predicted octanol–water partition coefficient (Wildman–Crippen LogP) is 2.30. The van der Waals surface area contributed by atoms with E-state index < -0.39 is 7.12 Å². The Kier molecular flexibility index (Phi) is 3.14. The van der Waals surface area contributed by atoms with Crippen LogP contribution < -0.4 is 5.46 Å². The molecule has 0 spiro atoms. The molecule has 0 atom stereocenters. The Hall–Kier alpha value is -1.11. The van der Waals surface area contributed by atoms with Gasteiger partial charge in [-0.1, -0.05) is 0 Å². The van der Waals surface area contributed by atoms with Crippen LogP contribution in [0.4, 0.5) is 0 Å². The standard InChI is InChI=1S/C14H19BClN3O2/c1-8-9(2)11-17-12(16)18-19(11)7-10(8)15-20-13(3,4)14(5,6)21-15/h7H,1-6H3. The molecular formula is C14H19BClN3O2. The molecule has 5 nitrogen and oxygen atoms in total. The van der Waals surface area contributed by atoms with Gasteiger partial charge in [0.25, 0.3) is 0 Å². The molecule has 0 saturated carbocycles. The van der Waals surface area contributed by atoms with E-state index in [4.69, 9.17) is 20.9 Å². The van der Waals surface area contributed by atoms with Crippen LogP contribution in [0.3, 0.4) is 0 Å². The van der Waals surface area contributed by atoms with Crippen LogP contribution in [-0.2, 0) is 9.31 Å². The van der Waals surface area contributed by atoms with E-state index in [2.05, 4.69) is 10.1 Å². The highest BCUT2D eigenvalue weighted by atomic mass is 35.5. The van der Waals surface area contributed by atoms with Crippen LogP contribution in [0.1, 0.15) is 38.8 Å². The zero-order valence-corrected chi connectivity index (χ0v) is 13.9. The van der Waals surface area contributed by atoms with Gasteiger partial charge >= 0.3 is 7.12 Å². The Bertz CT molecular complexity index is 711. The topological polar surface area (TPSA) is 48.7 Å². The smallest absolute Gasteiger partial charge is 0.399 e. The number of hydrogen-bond acceptors (Lipinski definition) is 4. The van der Waals surface area contributed by atoms with E-state index in [1.54, 1.807) is 4.52 Å². The van der Waals surface area contributed by atoms with Gasteiger partial charge in [-0.25, -0.2) is 4.52 Å². The van der Waals surface area contributed by atoms with Crippen LogP contribution in [-0.4, -0.2) is 32.9 Å². The van der Waals surface area contributed by atoms with Crippen molar-refractivity contribution in [2.75, 3.05) is 0 Å². The summed E-state index contributed by atoms with van der Waals surface area (Å²) < 4.78 is 13.9. The van der Waals surface area contributed by atoms with Gasteiger partial charge in [0.15, 0.2) is 5.65 Å². The van der Waals surface area contributed by atoms with Gasteiger partial charge in [-0.05, 0) is 64.3 Å². The van der Waals surface area contributed by atoms with Crippen LogP contribution in [0.25, 0.3) is 5.65 Å². The van der Waals surface area contributed by atoms with Crippen molar-refractivity contribution in [1.29, 1.82) is 0 Å². The zero-order chi connectivity index (χ0) is 15.6. The average Bonchev–Trinajstić information content (AvgIpc) is 2.82. The lowest BCUT2D eigenvalue weighted by Crippen LogP contribution is -2.41. The molecule has 3 rings (SSSR count). The molecule has 0 bridgehead atoms. The van der Waals surface area contributed by atoms with Gasteiger partial charge in [0.05, 0.1) is 11.2 Å². The van der Waals surface area contributed by atoms with E-state index >= 15 is 0 Å². The van der Waals surface area contributed by atoms with Gasteiger partial charge < -0.3 is 9.31 Å². The predicted molar refractivity (Wildman–Crippen MR) is 83.2 cm³/mol. The monoisotopic (exact) mass is 307 g/mol. The number of aryl methyl sites for hydroxylation is 1. The summed E-state index contributed by atoms with van der Waals surface area (Å²) in [6.45, 7) is 12.2. The Morgan fingerprint density at radius 1 is 1.10 bits per heavy atom. The fourth-order valence-corrected chi connectivity index (χ4v) is 2.62. The first-order valence-corrected chi connectivity index (χ1v) is 7.38. The third-order valence-electron chi connectivity index (χ3n) is 4.70. The van der Waals surface area contributed by atoms with Crippen LogP contribution in [0.15, 0.2) is 6.20 Å². The van der Waals surface area contributed by atoms with Gasteiger partial charge in [-0.3, -0.25) is 0 Å². The highest BCUT2D eigenvalue weighted by molar-refractivity contribution is 6.62. The maximum atomic E-state index is 6.12. The van der Waals surface area contributed by atoms with Crippen molar-refractivity contribution in [1.82, 2.24) is 14.6 Å². The largest absolute Gasteiger partial charge is 0.496 e. The average molecular weight is 308 g/mol. The van der Waals surface area contributed by atoms with E-state index in [9.17, 15) is 0 Å². The minimum atomic E-state index is -0.416. The Morgan fingerprint density at radius 2 is 1.67 bits per heavy atom. The van der Waals surface area contributed by atoms with Crippen molar-refractivity contribution in [3.8, 4) is 0 Å². The zero-order valence-electron chi connectivity index (χ0n) is 13.2. The van der Waals surface area contributed by atoms with Gasteiger partial charge in [-0.2, -0.15) is 4.98 Å². The van der Waals surface area contributed by atoms with Crippen molar-refractivity contribution in [2.45, 2.75) is 52.7 Å². The SMILES string of the molecule is Cc1c(B2OC(C)(C)C(C)(C)O2)cn2nc(Cl)nc2c1C. The fraction of sp³-hybridized carbons (Fsp3) is 0.571. The molecule has 0 amide bonds. The molecule has 1 saturated heterocycles. The highest BCUT2D eigenvalue weighted by Crippen LogP contribution is 2.36. The van der Waals surface area contributed by atoms with Crippen molar-refractivity contribution in [3.63, 3.8) is 0 Å². The molecule has 0 unspecified atom stereocenters. The lowest BCUT2D eigenvalue weighted by atomic mass is 9.76. The second kappa shape index (κ2) is 4.45. The minimum Gasteiger partial charge on any atom is -0.399 e.